The summed E-state index contributed by atoms with van der Waals surface area (Å²) in [6.07, 6.45) is 2.58. The molecule has 2 bridgehead atoms. The van der Waals surface area contributed by atoms with Crippen LogP contribution in [0, 0.1) is 5.41 Å². The Morgan fingerprint density at radius 3 is 2.65 bits per heavy atom. The average molecular weight is 275 g/mol. The molecule has 1 aromatic rings. The van der Waals surface area contributed by atoms with E-state index in [0.29, 0.717) is 0 Å². The normalized spacial score (nSPS) is 31.0. The summed E-state index contributed by atoms with van der Waals surface area (Å²) in [6.45, 7) is 3.20. The highest BCUT2D eigenvalue weighted by atomic mass is 16.6. The van der Waals surface area contributed by atoms with Gasteiger partial charge in [-0.15, -0.1) is 0 Å². The average Bonchev–Trinajstić information content (AvgIpc) is 2.97. The van der Waals surface area contributed by atoms with Gasteiger partial charge in [-0.25, -0.2) is 4.79 Å². The summed E-state index contributed by atoms with van der Waals surface area (Å²) < 4.78 is 5.40. The minimum Gasteiger partial charge on any atom is -0.445 e. The van der Waals surface area contributed by atoms with Crippen LogP contribution in [0.2, 0.25) is 0 Å². The van der Waals surface area contributed by atoms with Crippen molar-refractivity contribution in [2.45, 2.75) is 38.3 Å². The smallest absolute Gasteiger partial charge is 0.410 e. The monoisotopic (exact) mass is 275 g/mol. The Morgan fingerprint density at radius 1 is 1.35 bits per heavy atom. The van der Waals surface area contributed by atoms with Crippen molar-refractivity contribution in [2.24, 2.45) is 5.41 Å². The molecule has 2 heterocycles. The summed E-state index contributed by atoms with van der Waals surface area (Å²) in [5.41, 5.74) is 0.841. The number of carbonyl (C=O) groups excluding carboxylic acids is 1. The number of benzene rings is 1. The Balaban J connectivity index is 1.63. The van der Waals surface area contributed by atoms with E-state index in [2.05, 4.69) is 6.92 Å². The van der Waals surface area contributed by atoms with Gasteiger partial charge in [-0.05, 0) is 30.2 Å². The zero-order valence-corrected chi connectivity index (χ0v) is 11.8. The van der Waals surface area contributed by atoms with Crippen LogP contribution in [0.25, 0.3) is 0 Å². The van der Waals surface area contributed by atoms with E-state index in [1.807, 2.05) is 30.3 Å². The van der Waals surface area contributed by atoms with E-state index in [-0.39, 0.29) is 30.3 Å². The summed E-state index contributed by atoms with van der Waals surface area (Å²) in [5, 5.41) is 9.63. The first-order valence-corrected chi connectivity index (χ1v) is 7.22. The molecule has 3 fully saturated rings. The van der Waals surface area contributed by atoms with Gasteiger partial charge < -0.3 is 9.84 Å². The maximum atomic E-state index is 12.3. The predicted octanol–water partition coefficient (Wildman–Crippen LogP) is 2.56. The first-order valence-electron chi connectivity index (χ1n) is 7.22. The van der Waals surface area contributed by atoms with Crippen molar-refractivity contribution in [3.05, 3.63) is 35.9 Å². The van der Waals surface area contributed by atoms with Crippen LogP contribution in [0.15, 0.2) is 30.3 Å². The molecule has 1 aliphatic carbocycles. The Hall–Kier alpha value is -1.55. The third-order valence-electron chi connectivity index (χ3n) is 4.94. The predicted molar refractivity (Wildman–Crippen MR) is 75.1 cm³/mol. The summed E-state index contributed by atoms with van der Waals surface area (Å²) in [6, 6.07) is 9.67. The molecular formula is C16H21NO3. The second-order valence-electron chi connectivity index (χ2n) is 6.22. The summed E-state index contributed by atoms with van der Waals surface area (Å²) in [4.78, 5) is 14.0. The lowest BCUT2D eigenvalue weighted by atomic mass is 9.61. The van der Waals surface area contributed by atoms with Crippen LogP contribution in [0.3, 0.4) is 0 Å². The number of aliphatic hydroxyl groups excluding tert-OH is 1. The van der Waals surface area contributed by atoms with Crippen molar-refractivity contribution in [1.29, 1.82) is 0 Å². The first kappa shape index (κ1) is 13.4. The highest BCUT2D eigenvalue weighted by Crippen LogP contribution is 2.60. The van der Waals surface area contributed by atoms with Crippen LogP contribution in [-0.4, -0.2) is 34.8 Å². The van der Waals surface area contributed by atoms with Gasteiger partial charge in [-0.3, -0.25) is 4.90 Å². The molecule has 2 aliphatic heterocycles. The van der Waals surface area contributed by atoms with Gasteiger partial charge in [-0.1, -0.05) is 37.3 Å². The second kappa shape index (κ2) is 4.77. The molecule has 2 saturated heterocycles. The molecule has 108 valence electrons. The number of rotatable bonds is 4. The van der Waals surface area contributed by atoms with E-state index in [9.17, 15) is 9.90 Å². The standard InChI is InChI=1S/C16H21NO3/c1-2-15-9-16(10-15,12-18)17(11-15)14(19)20-8-13-6-4-3-5-7-13/h3-7,18H,2,8-12H2,1H3. The highest BCUT2D eigenvalue weighted by Gasteiger charge is 2.65. The van der Waals surface area contributed by atoms with Gasteiger partial charge in [0.05, 0.1) is 12.1 Å². The Bertz CT molecular complexity index is 494. The number of carbonyl (C=O) groups is 1. The van der Waals surface area contributed by atoms with Crippen LogP contribution < -0.4 is 0 Å². The molecule has 1 aromatic carbocycles. The minimum atomic E-state index is -0.357. The zero-order valence-electron chi connectivity index (χ0n) is 11.8. The minimum absolute atomic E-state index is 0.0369. The molecule has 0 aromatic heterocycles. The van der Waals surface area contributed by atoms with Crippen LogP contribution in [0.4, 0.5) is 4.79 Å². The number of hydrogen-bond donors (Lipinski definition) is 1. The quantitative estimate of drug-likeness (QED) is 0.918. The molecule has 0 radical (unpaired) electrons. The summed E-state index contributed by atoms with van der Waals surface area (Å²) in [5.74, 6) is 0. The topological polar surface area (TPSA) is 49.8 Å². The molecule has 3 aliphatic rings. The van der Waals surface area contributed by atoms with Gasteiger partial charge in [0.15, 0.2) is 0 Å². The van der Waals surface area contributed by atoms with Crippen molar-refractivity contribution in [3.63, 3.8) is 0 Å². The van der Waals surface area contributed by atoms with Gasteiger partial charge in [0, 0.05) is 6.54 Å². The molecule has 4 nitrogen and oxygen atoms in total. The van der Waals surface area contributed by atoms with Crippen molar-refractivity contribution in [2.75, 3.05) is 13.2 Å². The van der Waals surface area contributed by atoms with Gasteiger partial charge in [0.25, 0.3) is 0 Å². The molecule has 1 amide bonds. The van der Waals surface area contributed by atoms with E-state index in [4.69, 9.17) is 4.74 Å². The fourth-order valence-electron chi connectivity index (χ4n) is 3.76. The SMILES string of the molecule is CCC12CN(C(=O)OCc3ccccc3)C(CO)(C1)C2. The molecule has 4 heteroatoms. The molecule has 0 atom stereocenters. The maximum absolute atomic E-state index is 12.3. The fourth-order valence-corrected chi connectivity index (χ4v) is 3.76. The lowest BCUT2D eigenvalue weighted by Gasteiger charge is -2.46. The molecule has 0 unspecified atom stereocenters. The largest absolute Gasteiger partial charge is 0.445 e. The maximum Gasteiger partial charge on any atom is 0.410 e. The van der Waals surface area contributed by atoms with Gasteiger partial charge >= 0.3 is 6.09 Å². The van der Waals surface area contributed by atoms with E-state index in [0.717, 1.165) is 31.4 Å². The van der Waals surface area contributed by atoms with E-state index >= 15 is 0 Å². The van der Waals surface area contributed by atoms with Crippen LogP contribution in [0.5, 0.6) is 0 Å². The van der Waals surface area contributed by atoms with Gasteiger partial charge in [-0.2, -0.15) is 0 Å². The lowest BCUT2D eigenvalue weighted by Crippen LogP contribution is -2.53. The van der Waals surface area contributed by atoms with Crippen molar-refractivity contribution < 1.29 is 14.6 Å². The van der Waals surface area contributed by atoms with Gasteiger partial charge in [0.1, 0.15) is 6.61 Å². The number of fused-ring (bicyclic) bond motifs is 1. The van der Waals surface area contributed by atoms with Crippen molar-refractivity contribution >= 4 is 6.09 Å². The Kier molecular flexibility index (Phi) is 3.21. The van der Waals surface area contributed by atoms with E-state index < -0.39 is 0 Å². The summed E-state index contributed by atoms with van der Waals surface area (Å²) >= 11 is 0. The van der Waals surface area contributed by atoms with Crippen LogP contribution in [0.1, 0.15) is 31.7 Å². The summed E-state index contributed by atoms with van der Waals surface area (Å²) in [7, 11) is 0. The van der Waals surface area contributed by atoms with E-state index in [1.165, 1.54) is 0 Å². The number of nitrogens with zero attached hydrogens (tertiary/aromatic N) is 1. The Labute approximate surface area is 119 Å². The third-order valence-corrected chi connectivity index (χ3v) is 4.94. The first-order chi connectivity index (χ1) is 9.63. The van der Waals surface area contributed by atoms with Crippen LogP contribution in [-0.2, 0) is 11.3 Å². The number of amides is 1. The lowest BCUT2D eigenvalue weighted by molar-refractivity contribution is 0.000889. The molecule has 1 N–H and O–H groups in total. The molecular weight excluding hydrogens is 254 g/mol. The number of hydrogen-bond acceptors (Lipinski definition) is 3. The molecule has 1 saturated carbocycles. The van der Waals surface area contributed by atoms with Crippen molar-refractivity contribution in [1.82, 2.24) is 4.90 Å². The molecule has 4 rings (SSSR count). The highest BCUT2D eigenvalue weighted by molar-refractivity contribution is 5.70. The molecule has 0 spiro atoms. The number of aliphatic hydroxyl groups is 1. The second-order valence-corrected chi connectivity index (χ2v) is 6.22. The van der Waals surface area contributed by atoms with Gasteiger partial charge in [0.2, 0.25) is 0 Å². The number of ether oxygens (including phenoxy) is 1. The van der Waals surface area contributed by atoms with Crippen LogP contribution >= 0.6 is 0 Å². The fraction of sp³-hybridized carbons (Fsp3) is 0.562. The zero-order chi connectivity index (χ0) is 14.2. The van der Waals surface area contributed by atoms with Crippen molar-refractivity contribution in [3.8, 4) is 0 Å². The molecule has 20 heavy (non-hydrogen) atoms. The van der Waals surface area contributed by atoms with E-state index in [1.54, 1.807) is 4.90 Å². The Morgan fingerprint density at radius 2 is 2.05 bits per heavy atom. The third kappa shape index (κ3) is 1.99.